The number of ether oxygens (including phenoxy) is 1. The van der Waals surface area contributed by atoms with Gasteiger partial charge in [-0.25, -0.2) is 4.79 Å². The van der Waals surface area contributed by atoms with Gasteiger partial charge in [-0.05, 0) is 59.8 Å². The van der Waals surface area contributed by atoms with Crippen molar-refractivity contribution in [1.82, 2.24) is 19.7 Å². The van der Waals surface area contributed by atoms with E-state index >= 15 is 0 Å². The number of H-pyrrole nitrogens is 1. The summed E-state index contributed by atoms with van der Waals surface area (Å²) in [4.78, 5) is 44.5. The monoisotopic (exact) mass is 478 g/mol. The number of aromatic nitrogens is 1. The number of carbonyl (C=O) groups excluding carboxylic acids is 2. The fourth-order valence-electron chi connectivity index (χ4n) is 4.57. The molecule has 1 atom stereocenters. The molecule has 1 saturated carbocycles. The van der Waals surface area contributed by atoms with Gasteiger partial charge in [0.05, 0.1) is 0 Å². The number of likely N-dealkylation sites (tertiary alicyclic amines) is 1. The van der Waals surface area contributed by atoms with Crippen molar-refractivity contribution >= 4 is 12.0 Å². The summed E-state index contributed by atoms with van der Waals surface area (Å²) in [6.45, 7) is 11.5. The van der Waals surface area contributed by atoms with Crippen LogP contribution in [0.25, 0.3) is 0 Å². The molecule has 9 heteroatoms. The zero-order valence-corrected chi connectivity index (χ0v) is 20.9. The summed E-state index contributed by atoms with van der Waals surface area (Å²) in [5.74, 6) is -0.482. The first-order valence-electron chi connectivity index (χ1n) is 12.4. The summed E-state index contributed by atoms with van der Waals surface area (Å²) in [5, 5.41) is 0. The number of amides is 2. The molecule has 1 aromatic heterocycles. The molecule has 190 valence electrons. The fraction of sp³-hybridized carbons (Fsp3) is 0.720. The molecular weight excluding hydrogens is 439 g/mol. The third kappa shape index (κ3) is 7.04. The molecule has 34 heavy (non-hydrogen) atoms. The topological polar surface area (TPSA) is 85.9 Å². The van der Waals surface area contributed by atoms with E-state index in [-0.39, 0.29) is 23.5 Å². The van der Waals surface area contributed by atoms with E-state index in [4.69, 9.17) is 4.74 Å². The van der Waals surface area contributed by atoms with E-state index in [0.717, 1.165) is 57.5 Å². The second kappa shape index (κ2) is 11.3. The van der Waals surface area contributed by atoms with Gasteiger partial charge in [0.2, 0.25) is 5.91 Å². The first-order valence-corrected chi connectivity index (χ1v) is 12.4. The van der Waals surface area contributed by atoms with Crippen LogP contribution in [0.5, 0.6) is 0 Å². The number of nitrogens with one attached hydrogen (secondary N) is 1. The number of nitrogens with zero attached hydrogens (tertiary/aromatic N) is 3. The summed E-state index contributed by atoms with van der Waals surface area (Å²) in [6, 6.07) is 1.32. The standard InChI is InChI=1S/C19H33N3O3.C6H6FNO/c1-19(2,3)25-18(24)22-12-5-9-16(22)17(23)21-11-6-10-20(13-14-21)15-7-4-8-15;1-4-3-8-6(7)2-5(4)9/h15-16H,4-14H2,1-3H3;2-3H,1H3,(H,8,9)/t16-;/m1./s1. The predicted octanol–water partition coefficient (Wildman–Crippen LogP) is 3.30. The molecule has 1 aliphatic carbocycles. The molecule has 3 fully saturated rings. The maximum absolute atomic E-state index is 13.1. The van der Waals surface area contributed by atoms with Gasteiger partial charge in [0.15, 0.2) is 11.4 Å². The number of hydrogen-bond acceptors (Lipinski definition) is 5. The summed E-state index contributed by atoms with van der Waals surface area (Å²) >= 11 is 0. The average Bonchev–Trinajstić information content (AvgIpc) is 3.09. The van der Waals surface area contributed by atoms with Gasteiger partial charge >= 0.3 is 6.09 Å². The van der Waals surface area contributed by atoms with Crippen LogP contribution in [-0.4, -0.2) is 82.1 Å². The Balaban J connectivity index is 0.000000302. The van der Waals surface area contributed by atoms with E-state index in [1.165, 1.54) is 25.5 Å². The van der Waals surface area contributed by atoms with Crippen LogP contribution in [0.4, 0.5) is 9.18 Å². The Hall–Kier alpha value is -2.42. The molecule has 2 aliphatic heterocycles. The van der Waals surface area contributed by atoms with Crippen LogP contribution in [0.3, 0.4) is 0 Å². The van der Waals surface area contributed by atoms with Crippen LogP contribution in [0, 0.1) is 12.9 Å². The Kier molecular flexibility index (Phi) is 8.73. The highest BCUT2D eigenvalue weighted by atomic mass is 19.1. The van der Waals surface area contributed by atoms with E-state index in [2.05, 4.69) is 9.88 Å². The van der Waals surface area contributed by atoms with Crippen molar-refractivity contribution in [2.24, 2.45) is 0 Å². The fourth-order valence-corrected chi connectivity index (χ4v) is 4.57. The second-order valence-electron chi connectivity index (χ2n) is 10.5. The molecule has 0 bridgehead atoms. The van der Waals surface area contributed by atoms with Gasteiger partial charge in [-0.1, -0.05) is 6.42 Å². The molecule has 0 radical (unpaired) electrons. The smallest absolute Gasteiger partial charge is 0.410 e. The van der Waals surface area contributed by atoms with Gasteiger partial charge in [0.1, 0.15) is 11.6 Å². The first-order chi connectivity index (χ1) is 16.0. The number of rotatable bonds is 2. The highest BCUT2D eigenvalue weighted by Crippen LogP contribution is 2.27. The van der Waals surface area contributed by atoms with Crippen molar-refractivity contribution in [1.29, 1.82) is 0 Å². The van der Waals surface area contributed by atoms with Crippen LogP contribution in [0.15, 0.2) is 17.1 Å². The lowest BCUT2D eigenvalue weighted by Gasteiger charge is -2.37. The van der Waals surface area contributed by atoms with Gasteiger partial charge in [-0.3, -0.25) is 19.4 Å². The van der Waals surface area contributed by atoms with Crippen LogP contribution in [0.2, 0.25) is 0 Å². The lowest BCUT2D eigenvalue weighted by molar-refractivity contribution is -0.135. The number of halogens is 1. The normalized spacial score (nSPS) is 21.9. The molecule has 0 aromatic carbocycles. The lowest BCUT2D eigenvalue weighted by atomic mass is 9.91. The van der Waals surface area contributed by atoms with Crippen molar-refractivity contribution in [3.8, 4) is 0 Å². The minimum Gasteiger partial charge on any atom is -0.444 e. The summed E-state index contributed by atoms with van der Waals surface area (Å²) < 4.78 is 17.6. The number of pyridine rings is 1. The van der Waals surface area contributed by atoms with Crippen molar-refractivity contribution in [2.45, 2.75) is 83.9 Å². The Morgan fingerprint density at radius 3 is 2.35 bits per heavy atom. The average molecular weight is 479 g/mol. The van der Waals surface area contributed by atoms with E-state index in [1.807, 2.05) is 25.7 Å². The number of aromatic amines is 1. The molecule has 0 spiro atoms. The molecule has 4 rings (SSSR count). The first kappa shape index (κ1) is 26.2. The Morgan fingerprint density at radius 2 is 1.76 bits per heavy atom. The highest BCUT2D eigenvalue weighted by Gasteiger charge is 2.39. The minimum absolute atomic E-state index is 0.110. The van der Waals surface area contributed by atoms with Crippen molar-refractivity contribution in [3.05, 3.63) is 34.0 Å². The molecule has 8 nitrogen and oxygen atoms in total. The molecule has 2 saturated heterocycles. The highest BCUT2D eigenvalue weighted by molar-refractivity contribution is 5.86. The zero-order valence-electron chi connectivity index (χ0n) is 20.9. The van der Waals surface area contributed by atoms with Crippen molar-refractivity contribution in [2.75, 3.05) is 32.7 Å². The number of hydrogen-bond donors (Lipinski definition) is 1. The summed E-state index contributed by atoms with van der Waals surface area (Å²) in [5.41, 5.74) is -0.276. The van der Waals surface area contributed by atoms with E-state index in [1.54, 1.807) is 11.8 Å². The van der Waals surface area contributed by atoms with Crippen LogP contribution in [-0.2, 0) is 9.53 Å². The number of carbonyl (C=O) groups is 2. The lowest BCUT2D eigenvalue weighted by Crippen LogP contribution is -2.50. The van der Waals surface area contributed by atoms with Crippen LogP contribution in [0.1, 0.15) is 64.9 Å². The zero-order chi connectivity index (χ0) is 24.9. The molecule has 0 unspecified atom stereocenters. The van der Waals surface area contributed by atoms with E-state index in [0.29, 0.717) is 12.1 Å². The van der Waals surface area contributed by atoms with Crippen molar-refractivity contribution in [3.63, 3.8) is 0 Å². The maximum Gasteiger partial charge on any atom is 0.410 e. The molecule has 1 aromatic rings. The van der Waals surface area contributed by atoms with Gasteiger partial charge in [0, 0.05) is 56.6 Å². The molecule has 3 heterocycles. The minimum atomic E-state index is -0.592. The van der Waals surface area contributed by atoms with Crippen LogP contribution >= 0.6 is 0 Å². The van der Waals surface area contributed by atoms with E-state index in [9.17, 15) is 18.8 Å². The molecule has 3 aliphatic rings. The maximum atomic E-state index is 13.1. The summed E-state index contributed by atoms with van der Waals surface area (Å²) in [6.07, 6.45) is 7.61. The van der Waals surface area contributed by atoms with Crippen LogP contribution < -0.4 is 5.43 Å². The molecule has 1 N–H and O–H groups in total. The Morgan fingerprint density at radius 1 is 1.03 bits per heavy atom. The predicted molar refractivity (Wildman–Crippen MR) is 128 cm³/mol. The third-order valence-corrected chi connectivity index (χ3v) is 6.67. The second-order valence-corrected chi connectivity index (χ2v) is 10.5. The summed E-state index contributed by atoms with van der Waals surface area (Å²) in [7, 11) is 0. The van der Waals surface area contributed by atoms with Gasteiger partial charge in [-0.2, -0.15) is 4.39 Å². The van der Waals surface area contributed by atoms with Gasteiger partial charge < -0.3 is 14.6 Å². The Bertz CT molecular complexity index is 909. The van der Waals surface area contributed by atoms with E-state index < -0.39 is 11.5 Å². The molecule has 2 amide bonds. The largest absolute Gasteiger partial charge is 0.444 e. The SMILES string of the molecule is CC(C)(C)OC(=O)N1CCC[C@@H]1C(=O)N1CCCN(C2CCC2)CC1.Cc1c[nH]c(F)cc1=O. The molecular formula is C25H39FN4O4. The Labute approximate surface area is 201 Å². The van der Waals surface area contributed by atoms with Gasteiger partial charge in [0.25, 0.3) is 0 Å². The third-order valence-electron chi connectivity index (χ3n) is 6.67. The van der Waals surface area contributed by atoms with Crippen molar-refractivity contribution < 1.29 is 18.7 Å². The van der Waals surface area contributed by atoms with Gasteiger partial charge in [-0.15, -0.1) is 0 Å². The quantitative estimate of drug-likeness (QED) is 0.660. The number of aryl methyl sites for hydroxylation is 1.